The van der Waals surface area contributed by atoms with Crippen molar-refractivity contribution in [3.63, 3.8) is 0 Å². The molecule has 0 aromatic rings. The first-order chi connectivity index (χ1) is 2.94. The fraction of sp³-hybridized carbons (Fsp3) is 0. The Morgan fingerprint density at radius 2 is 1.71 bits per heavy atom. The summed E-state index contributed by atoms with van der Waals surface area (Å²) in [6.07, 6.45) is 0. The summed E-state index contributed by atoms with van der Waals surface area (Å²) in [6.45, 7) is 0. The smallest absolute Gasteiger partial charge is 0.141 e. The van der Waals surface area contributed by atoms with Gasteiger partial charge in [-0.15, -0.1) is 0 Å². The van der Waals surface area contributed by atoms with Gasteiger partial charge in [-0.25, -0.2) is 4.21 Å². The Kier molecular flexibility index (Phi) is 4.01. The highest BCUT2D eigenvalue weighted by molar-refractivity contribution is 14.2. The van der Waals surface area contributed by atoms with Crippen LogP contribution in [0.4, 0.5) is 0 Å². The molecular formula is HIOS5. The normalized spacial score (nSPS) is 19.1. The summed E-state index contributed by atoms with van der Waals surface area (Å²) in [5.74, 6) is 0. The summed E-state index contributed by atoms with van der Waals surface area (Å²) in [6, 6.07) is 0. The second-order valence-corrected chi connectivity index (χ2v) is 18.6. The summed E-state index contributed by atoms with van der Waals surface area (Å²) < 4.78 is 8.27. The Labute approximate surface area is 69.7 Å². The van der Waals surface area contributed by atoms with Gasteiger partial charge in [0.15, 0.2) is 0 Å². The van der Waals surface area contributed by atoms with Crippen LogP contribution in [0.1, 0.15) is 0 Å². The molecule has 7 heteroatoms. The summed E-state index contributed by atoms with van der Waals surface area (Å²) in [5, 5.41) is 0. The molecule has 0 aliphatic rings. The van der Waals surface area contributed by atoms with Crippen LogP contribution in [0.15, 0.2) is 0 Å². The molecule has 1 unspecified atom stereocenters. The molecule has 0 bridgehead atoms. The molecule has 0 aromatic carbocycles. The molecule has 0 aromatic heterocycles. The Bertz CT molecular complexity index is 196. The minimum Gasteiger partial charge on any atom is -0.235 e. The minimum atomic E-state index is -2.24. The highest BCUT2D eigenvalue weighted by atomic mass is 127. The predicted octanol–water partition coefficient (Wildman–Crippen LogP) is 0.272. The van der Waals surface area contributed by atoms with E-state index in [4.69, 9.17) is 0 Å². The van der Waals surface area contributed by atoms with Crippen molar-refractivity contribution < 1.29 is 4.21 Å². The molecular weight excluding hydrogens is 303 g/mol. The topological polar surface area (TPSA) is 17.1 Å². The van der Waals surface area contributed by atoms with Gasteiger partial charge in [-0.2, -0.15) is 0 Å². The number of thiol groups is 1. The fourth-order valence-corrected chi connectivity index (χ4v) is 0. The van der Waals surface area contributed by atoms with Crippen LogP contribution in [0.2, 0.25) is 0 Å². The van der Waals surface area contributed by atoms with Crippen LogP contribution < -0.4 is 0 Å². The number of halogens is 1. The lowest BCUT2D eigenvalue weighted by Gasteiger charge is -1.81. The zero-order chi connectivity index (χ0) is 6.08. The lowest BCUT2D eigenvalue weighted by atomic mass is 16.0. The van der Waals surface area contributed by atoms with Crippen molar-refractivity contribution in [3.05, 3.63) is 0 Å². The molecule has 1 nitrogen and oxygen atoms in total. The van der Waals surface area contributed by atoms with Crippen LogP contribution in [-0.2, 0) is 45.3 Å². The molecule has 0 saturated carbocycles. The van der Waals surface area contributed by atoms with Crippen molar-refractivity contribution in [1.82, 2.24) is 0 Å². The van der Waals surface area contributed by atoms with Crippen molar-refractivity contribution in [2.45, 2.75) is 0 Å². The van der Waals surface area contributed by atoms with Crippen LogP contribution in [0, 0.1) is 0 Å². The van der Waals surface area contributed by atoms with Gasteiger partial charge in [-0.05, 0) is 29.4 Å². The zero-order valence-corrected chi connectivity index (χ0v) is 9.18. The average Bonchev–Trinajstić information content (AvgIpc) is 1.31. The van der Waals surface area contributed by atoms with Crippen molar-refractivity contribution >= 4 is 66.5 Å². The fourth-order valence-electron chi connectivity index (χ4n) is 0. The quantitative estimate of drug-likeness (QED) is 0.324. The van der Waals surface area contributed by atoms with E-state index in [9.17, 15) is 4.21 Å². The maximum Gasteiger partial charge on any atom is 0.141 e. The van der Waals surface area contributed by atoms with Crippen LogP contribution in [0.25, 0.3) is 0 Å². The minimum absolute atomic E-state index is 1.25. The molecule has 0 fully saturated rings. The van der Waals surface area contributed by atoms with E-state index in [-0.39, 0.29) is 0 Å². The third kappa shape index (κ3) is 4.40. The molecule has 0 rings (SSSR count). The van der Waals surface area contributed by atoms with Crippen LogP contribution in [0.5, 0.6) is 0 Å². The summed E-state index contributed by atoms with van der Waals surface area (Å²) in [4.78, 5) is 0. The van der Waals surface area contributed by atoms with Gasteiger partial charge in [0.05, 0.1) is 0 Å². The maximum atomic E-state index is 10.5. The van der Waals surface area contributed by atoms with Crippen molar-refractivity contribution in [2.75, 3.05) is 0 Å². The lowest BCUT2D eigenvalue weighted by Crippen LogP contribution is -1.80. The monoisotopic (exact) mass is 304 g/mol. The standard InChI is InChI=1S/HIOS5/c1-7(2,5)6(3)4/h6H. The molecule has 1 atom stereocenters. The van der Waals surface area contributed by atoms with Gasteiger partial charge in [-0.1, -0.05) is 0 Å². The Hall–Kier alpha value is 1.89. The number of rotatable bonds is 1. The van der Waals surface area contributed by atoms with Gasteiger partial charge in [0.25, 0.3) is 0 Å². The number of hydrogen-bond donors (Lipinski definition) is 1. The van der Waals surface area contributed by atoms with Gasteiger partial charge in [-0.3, -0.25) is 0 Å². The van der Waals surface area contributed by atoms with Gasteiger partial charge >= 0.3 is 0 Å². The van der Waals surface area contributed by atoms with E-state index in [0.717, 1.165) is 0 Å². The molecule has 7 heavy (non-hydrogen) atoms. The van der Waals surface area contributed by atoms with E-state index in [0.29, 0.717) is 0 Å². The molecule has 0 amide bonds. The second-order valence-electron chi connectivity index (χ2n) is 0.636. The Morgan fingerprint density at radius 1 is 1.57 bits per heavy atom. The third-order valence-corrected chi connectivity index (χ3v) is 16.8. The highest BCUT2D eigenvalue weighted by Gasteiger charge is 1.90. The van der Waals surface area contributed by atoms with E-state index in [2.05, 4.69) is 33.6 Å². The largest absolute Gasteiger partial charge is 0.235 e. The van der Waals surface area contributed by atoms with Crippen LogP contribution in [0.3, 0.4) is 0 Å². The maximum absolute atomic E-state index is 10.5. The summed E-state index contributed by atoms with van der Waals surface area (Å²) >= 11 is 15.1. The Morgan fingerprint density at radius 3 is 1.71 bits per heavy atom. The number of hydrogen-bond acceptors (Lipinski definition) is 4. The van der Waals surface area contributed by atoms with Gasteiger partial charge in [0.2, 0.25) is 0 Å². The molecule has 0 aliphatic heterocycles. The van der Waals surface area contributed by atoms with E-state index < -0.39 is 11.7 Å². The van der Waals surface area contributed by atoms with E-state index in [1.807, 2.05) is 0 Å². The van der Waals surface area contributed by atoms with Gasteiger partial charge in [0, 0.05) is 32.4 Å². The molecule has 0 heterocycles. The molecule has 0 N–H and O–H groups in total. The first-order valence-electron chi connectivity index (χ1n) is 1.04. The Balaban J connectivity index is 4.82. The second kappa shape index (κ2) is 3.16. The first-order valence-corrected chi connectivity index (χ1v) is 10.0. The van der Waals surface area contributed by atoms with Crippen LogP contribution in [-0.4, -0.2) is 4.21 Å². The van der Waals surface area contributed by atoms with Gasteiger partial charge < -0.3 is 0 Å². The summed E-state index contributed by atoms with van der Waals surface area (Å²) in [5.41, 5.74) is 0. The lowest BCUT2D eigenvalue weighted by molar-refractivity contribution is 0.699. The molecule has 0 aliphatic carbocycles. The molecule has 0 radical (unpaired) electrons. The SMILES string of the molecule is O=S(=S)(I)[SH](=S)=S. The summed E-state index contributed by atoms with van der Waals surface area (Å²) in [7, 11) is -1.25. The van der Waals surface area contributed by atoms with E-state index in [1.165, 1.54) is 0 Å². The predicted molar refractivity (Wildman–Crippen MR) is 53.0 cm³/mol. The average molecular weight is 304 g/mol. The molecule has 0 saturated heterocycles. The van der Waals surface area contributed by atoms with Crippen molar-refractivity contribution in [2.24, 2.45) is 0 Å². The van der Waals surface area contributed by atoms with Crippen LogP contribution >= 0.6 is 21.2 Å². The van der Waals surface area contributed by atoms with Crippen molar-refractivity contribution in [1.29, 1.82) is 0 Å². The van der Waals surface area contributed by atoms with E-state index >= 15 is 0 Å². The third-order valence-electron chi connectivity index (χ3n) is 0.178. The molecule has 44 valence electrons. The first kappa shape index (κ1) is 8.89. The highest BCUT2D eigenvalue weighted by Crippen LogP contribution is 2.01. The van der Waals surface area contributed by atoms with E-state index in [1.54, 1.807) is 21.2 Å². The van der Waals surface area contributed by atoms with Gasteiger partial charge in [0.1, 0.15) is 4.70 Å². The molecule has 0 spiro atoms. The van der Waals surface area contributed by atoms with Crippen molar-refractivity contribution in [3.8, 4) is 0 Å². The zero-order valence-electron chi connectivity index (χ0n) is 2.87.